The summed E-state index contributed by atoms with van der Waals surface area (Å²) < 4.78 is 13.9. The minimum Gasteiger partial charge on any atom is -0.480 e. The number of carboxylic acid groups (broad SMARTS) is 1. The van der Waals surface area contributed by atoms with Crippen LogP contribution in [0.4, 0.5) is 4.79 Å². The number of carbonyl (C=O) groups is 2. The van der Waals surface area contributed by atoms with E-state index in [9.17, 15) is 9.59 Å². The molecule has 2 aliphatic rings. The number of carboxylic acids is 1. The SMILES string of the molecule is Cn1cc(Br)nc1C1(OCC(=O)O)CC2CC1N(C(=O)OC(C)(C)C)C2. The van der Waals surface area contributed by atoms with Crippen LogP contribution in [0.2, 0.25) is 0 Å². The molecule has 1 aliphatic heterocycles. The molecule has 2 bridgehead atoms. The zero-order chi connectivity index (χ0) is 19.3. The first-order chi connectivity index (χ1) is 12.0. The lowest BCUT2D eigenvalue weighted by Gasteiger charge is -2.42. The van der Waals surface area contributed by atoms with Gasteiger partial charge in [-0.1, -0.05) is 0 Å². The zero-order valence-corrected chi connectivity index (χ0v) is 16.9. The molecule has 1 aromatic rings. The highest BCUT2D eigenvalue weighted by Crippen LogP contribution is 2.52. The molecule has 1 aromatic heterocycles. The Morgan fingerprint density at radius 1 is 1.46 bits per heavy atom. The number of hydrogen-bond donors (Lipinski definition) is 1. The van der Waals surface area contributed by atoms with E-state index >= 15 is 0 Å². The van der Waals surface area contributed by atoms with Gasteiger partial charge in [0.2, 0.25) is 0 Å². The Balaban J connectivity index is 1.96. The number of amides is 1. The van der Waals surface area contributed by atoms with Crippen LogP contribution in [-0.2, 0) is 26.9 Å². The highest BCUT2D eigenvalue weighted by Gasteiger charge is 2.61. The van der Waals surface area contributed by atoms with Gasteiger partial charge >= 0.3 is 12.1 Å². The average Bonchev–Trinajstić information content (AvgIpc) is 3.16. The maximum atomic E-state index is 12.7. The normalized spacial score (nSPS) is 27.8. The minimum atomic E-state index is -1.05. The Morgan fingerprint density at radius 2 is 2.15 bits per heavy atom. The lowest BCUT2D eigenvalue weighted by molar-refractivity contribution is -0.159. The molecule has 8 nitrogen and oxygen atoms in total. The van der Waals surface area contributed by atoms with Crippen molar-refractivity contribution in [1.82, 2.24) is 14.5 Å². The number of aromatic nitrogens is 2. The van der Waals surface area contributed by atoms with Gasteiger partial charge in [0.05, 0.1) is 6.04 Å². The molecular formula is C17H24BrN3O5. The maximum absolute atomic E-state index is 12.7. The molecule has 2 fully saturated rings. The van der Waals surface area contributed by atoms with Crippen LogP contribution in [0, 0.1) is 5.92 Å². The summed E-state index contributed by atoms with van der Waals surface area (Å²) in [5, 5.41) is 9.14. The molecule has 2 heterocycles. The summed E-state index contributed by atoms with van der Waals surface area (Å²) in [5.74, 6) is -0.215. The smallest absolute Gasteiger partial charge is 0.410 e. The molecule has 1 aliphatic carbocycles. The van der Waals surface area contributed by atoms with E-state index in [0.29, 0.717) is 23.4 Å². The van der Waals surface area contributed by atoms with E-state index in [1.165, 1.54) is 0 Å². The van der Waals surface area contributed by atoms with Crippen molar-refractivity contribution in [2.24, 2.45) is 13.0 Å². The molecule has 1 saturated heterocycles. The van der Waals surface area contributed by atoms with E-state index in [1.807, 2.05) is 32.4 Å². The average molecular weight is 430 g/mol. The number of halogens is 1. The van der Waals surface area contributed by atoms with Gasteiger partial charge in [-0.15, -0.1) is 0 Å². The van der Waals surface area contributed by atoms with Crippen LogP contribution in [0.15, 0.2) is 10.8 Å². The van der Waals surface area contributed by atoms with Gasteiger partial charge in [0.15, 0.2) is 0 Å². The van der Waals surface area contributed by atoms with Crippen molar-refractivity contribution in [3.63, 3.8) is 0 Å². The van der Waals surface area contributed by atoms with Crippen molar-refractivity contribution in [2.45, 2.75) is 50.9 Å². The summed E-state index contributed by atoms with van der Waals surface area (Å²) in [6.07, 6.45) is 2.76. The third kappa shape index (κ3) is 3.46. The molecule has 1 N–H and O–H groups in total. The van der Waals surface area contributed by atoms with E-state index in [1.54, 1.807) is 11.1 Å². The van der Waals surface area contributed by atoms with E-state index in [0.717, 1.165) is 6.42 Å². The number of fused-ring (bicyclic) bond motifs is 2. The molecule has 0 aromatic carbocycles. The predicted molar refractivity (Wildman–Crippen MR) is 95.6 cm³/mol. The van der Waals surface area contributed by atoms with Crippen LogP contribution in [0.25, 0.3) is 0 Å². The second-order valence-electron chi connectivity index (χ2n) is 8.02. The van der Waals surface area contributed by atoms with Crippen LogP contribution < -0.4 is 0 Å². The summed E-state index contributed by atoms with van der Waals surface area (Å²) in [5.41, 5.74) is -1.56. The van der Waals surface area contributed by atoms with Crippen LogP contribution in [-0.4, -0.2) is 56.4 Å². The molecule has 144 valence electrons. The van der Waals surface area contributed by atoms with Gasteiger partial charge in [-0.2, -0.15) is 0 Å². The Bertz CT molecular complexity index is 728. The molecule has 0 radical (unpaired) electrons. The third-order valence-corrected chi connectivity index (χ3v) is 5.21. The van der Waals surface area contributed by atoms with Gasteiger partial charge in [-0.05, 0) is 55.5 Å². The van der Waals surface area contributed by atoms with Crippen molar-refractivity contribution in [3.05, 3.63) is 16.6 Å². The van der Waals surface area contributed by atoms with Gasteiger partial charge in [0.25, 0.3) is 0 Å². The molecule has 1 saturated carbocycles. The van der Waals surface area contributed by atoms with Crippen LogP contribution in [0.5, 0.6) is 0 Å². The fraction of sp³-hybridized carbons (Fsp3) is 0.706. The van der Waals surface area contributed by atoms with Gasteiger partial charge < -0.3 is 24.0 Å². The number of likely N-dealkylation sites (tertiary alicyclic amines) is 1. The molecule has 0 spiro atoms. The second-order valence-corrected chi connectivity index (χ2v) is 8.84. The largest absolute Gasteiger partial charge is 0.480 e. The number of carbonyl (C=O) groups excluding carboxylic acids is 1. The number of ether oxygens (including phenoxy) is 2. The Hall–Kier alpha value is -1.61. The Morgan fingerprint density at radius 3 is 2.65 bits per heavy atom. The van der Waals surface area contributed by atoms with Crippen LogP contribution >= 0.6 is 15.9 Å². The van der Waals surface area contributed by atoms with E-state index < -0.39 is 29.9 Å². The van der Waals surface area contributed by atoms with E-state index in [-0.39, 0.29) is 12.0 Å². The number of aliphatic carboxylic acids is 1. The molecule has 3 atom stereocenters. The maximum Gasteiger partial charge on any atom is 0.410 e. The number of hydrogen-bond acceptors (Lipinski definition) is 5. The number of rotatable bonds is 4. The first kappa shape index (κ1) is 19.2. The fourth-order valence-electron chi connectivity index (χ4n) is 4.07. The van der Waals surface area contributed by atoms with Crippen molar-refractivity contribution >= 4 is 28.0 Å². The number of aryl methyl sites for hydroxylation is 1. The fourth-order valence-corrected chi connectivity index (χ4v) is 4.55. The summed E-state index contributed by atoms with van der Waals surface area (Å²) in [7, 11) is 1.84. The molecular weight excluding hydrogens is 406 g/mol. The summed E-state index contributed by atoms with van der Waals surface area (Å²) >= 11 is 3.36. The number of nitrogens with zero attached hydrogens (tertiary/aromatic N) is 3. The number of imidazole rings is 1. The topological polar surface area (TPSA) is 93.9 Å². The third-order valence-electron chi connectivity index (χ3n) is 4.82. The Kier molecular flexibility index (Phi) is 4.81. The molecule has 9 heteroatoms. The van der Waals surface area contributed by atoms with Crippen LogP contribution in [0.1, 0.15) is 39.4 Å². The number of piperidine rings is 1. The summed E-state index contributed by atoms with van der Waals surface area (Å²) in [4.78, 5) is 30.0. The molecule has 26 heavy (non-hydrogen) atoms. The summed E-state index contributed by atoms with van der Waals surface area (Å²) in [6.45, 7) is 5.61. The van der Waals surface area contributed by atoms with Gasteiger partial charge in [0, 0.05) is 19.8 Å². The van der Waals surface area contributed by atoms with Gasteiger partial charge in [0.1, 0.15) is 28.2 Å². The standard InChI is InChI=1S/C17H24BrN3O5/c1-16(2,3)26-15(24)21-7-10-5-11(21)17(6-10,25-9-13(22)23)14-19-12(18)8-20(14)4/h8,10-11H,5-7,9H2,1-4H3,(H,22,23). The van der Waals surface area contributed by atoms with Crippen molar-refractivity contribution in [1.29, 1.82) is 0 Å². The monoisotopic (exact) mass is 429 g/mol. The summed E-state index contributed by atoms with van der Waals surface area (Å²) in [6, 6.07) is -0.310. The lowest BCUT2D eigenvalue weighted by Crippen LogP contribution is -2.54. The minimum absolute atomic E-state index is 0.219. The van der Waals surface area contributed by atoms with Gasteiger partial charge in [-0.3, -0.25) is 0 Å². The molecule has 3 rings (SSSR count). The van der Waals surface area contributed by atoms with Crippen molar-refractivity contribution in [3.8, 4) is 0 Å². The quantitative estimate of drug-likeness (QED) is 0.789. The van der Waals surface area contributed by atoms with E-state index in [4.69, 9.17) is 14.6 Å². The van der Waals surface area contributed by atoms with Crippen molar-refractivity contribution < 1.29 is 24.2 Å². The zero-order valence-electron chi connectivity index (χ0n) is 15.4. The lowest BCUT2D eigenvalue weighted by atomic mass is 9.91. The predicted octanol–water partition coefficient (Wildman–Crippen LogP) is 2.51. The van der Waals surface area contributed by atoms with Crippen molar-refractivity contribution in [2.75, 3.05) is 13.2 Å². The molecule has 3 unspecified atom stereocenters. The van der Waals surface area contributed by atoms with Gasteiger partial charge in [-0.25, -0.2) is 14.6 Å². The highest BCUT2D eigenvalue weighted by molar-refractivity contribution is 9.10. The van der Waals surface area contributed by atoms with E-state index in [2.05, 4.69) is 20.9 Å². The molecule has 1 amide bonds. The second kappa shape index (κ2) is 6.53. The Labute approximate surface area is 160 Å². The first-order valence-corrected chi connectivity index (χ1v) is 9.36. The first-order valence-electron chi connectivity index (χ1n) is 8.56. The highest BCUT2D eigenvalue weighted by atomic mass is 79.9. The van der Waals surface area contributed by atoms with Crippen LogP contribution in [0.3, 0.4) is 0 Å².